The van der Waals surface area contributed by atoms with Crippen molar-refractivity contribution < 1.29 is 23.8 Å². The molecule has 1 fully saturated rings. The number of carbonyl (C=O) groups excluding carboxylic acids is 2. The molecule has 4 aromatic carbocycles. The number of aryl methyl sites for hydroxylation is 1. The minimum Gasteiger partial charge on any atom is -0.507 e. The van der Waals surface area contributed by atoms with Gasteiger partial charge in [0, 0.05) is 11.3 Å². The molecule has 1 amide bonds. The van der Waals surface area contributed by atoms with Gasteiger partial charge in [-0.15, -0.1) is 10.2 Å². The van der Waals surface area contributed by atoms with E-state index in [2.05, 4.69) is 34.5 Å². The molecule has 5 aromatic rings. The first-order valence-electron chi connectivity index (χ1n) is 13.0. The van der Waals surface area contributed by atoms with Crippen molar-refractivity contribution in [3.8, 4) is 5.75 Å². The Bertz CT molecular complexity index is 1860. The van der Waals surface area contributed by atoms with E-state index in [1.54, 1.807) is 12.1 Å². The number of aliphatic hydroxyl groups is 1. The molecule has 0 aliphatic carbocycles. The molecular weight excluding hydrogens is 574 g/mol. The Morgan fingerprint density at radius 2 is 1.79 bits per heavy atom. The summed E-state index contributed by atoms with van der Waals surface area (Å²) in [6.45, 7) is 1.92. The number of aliphatic hydroxyl groups excluding tert-OH is 1. The molecule has 0 saturated carbocycles. The van der Waals surface area contributed by atoms with Crippen molar-refractivity contribution in [1.82, 2.24) is 10.2 Å². The summed E-state index contributed by atoms with van der Waals surface area (Å²) < 4.78 is 20.1. The van der Waals surface area contributed by atoms with Crippen molar-refractivity contribution in [2.75, 3.05) is 12.0 Å². The lowest BCUT2D eigenvalue weighted by Gasteiger charge is -2.22. The number of carbonyl (C=O) groups is 2. The number of benzene rings is 4. The highest BCUT2D eigenvalue weighted by atomic mass is 32.2. The highest BCUT2D eigenvalue weighted by Crippen LogP contribution is 2.44. The summed E-state index contributed by atoms with van der Waals surface area (Å²) in [6, 6.07) is 24.4. The maximum Gasteiger partial charge on any atom is 0.301 e. The number of methoxy groups -OCH3 is 1. The number of ether oxygens (including phenoxy) is 1. The fraction of sp³-hybridized carbons (Fsp3) is 0.125. The standard InChI is InChI=1S/C32H24FN3O4S2/c1-18-10-12-20(13-11-18)27-26(28(37)21-14-15-25(40-2)24(33)16-21)29(38)30(39)36(27)31-34-35-32(42-31)41-17-22-8-5-7-19-6-3-4-9-23(19)22/h3-16,27,37H,17H2,1-2H3/b28-26-. The van der Waals surface area contributed by atoms with E-state index < -0.39 is 29.3 Å². The number of nitrogens with zero attached hydrogens (tertiary/aromatic N) is 3. The van der Waals surface area contributed by atoms with Crippen LogP contribution in [0.1, 0.15) is 28.3 Å². The van der Waals surface area contributed by atoms with Gasteiger partial charge in [-0.3, -0.25) is 14.5 Å². The first-order chi connectivity index (χ1) is 20.4. The van der Waals surface area contributed by atoms with E-state index >= 15 is 0 Å². The molecule has 1 saturated heterocycles. The van der Waals surface area contributed by atoms with Crippen LogP contribution in [0.5, 0.6) is 5.75 Å². The van der Waals surface area contributed by atoms with Crippen molar-refractivity contribution in [3.05, 3.63) is 119 Å². The molecule has 1 aromatic heterocycles. The van der Waals surface area contributed by atoms with Crippen LogP contribution in [-0.4, -0.2) is 34.1 Å². The van der Waals surface area contributed by atoms with Gasteiger partial charge in [-0.1, -0.05) is 95.4 Å². The first kappa shape index (κ1) is 27.6. The molecule has 6 rings (SSSR count). The van der Waals surface area contributed by atoms with Crippen LogP contribution < -0.4 is 9.64 Å². The molecule has 10 heteroatoms. The van der Waals surface area contributed by atoms with Crippen LogP contribution in [0.15, 0.2) is 94.8 Å². The molecule has 1 aliphatic heterocycles. The Balaban J connectivity index is 1.37. The number of ketones is 1. The molecule has 1 aliphatic rings. The quantitative estimate of drug-likeness (QED) is 0.0706. The van der Waals surface area contributed by atoms with E-state index in [9.17, 15) is 19.1 Å². The van der Waals surface area contributed by atoms with E-state index in [1.165, 1.54) is 47.2 Å². The van der Waals surface area contributed by atoms with E-state index in [0.717, 1.165) is 28.0 Å². The molecule has 0 spiro atoms. The second kappa shape index (κ2) is 11.4. The number of Topliss-reactive ketones (excluding diaryl/α,β-unsaturated/α-hetero) is 1. The van der Waals surface area contributed by atoms with Crippen molar-refractivity contribution in [2.24, 2.45) is 0 Å². The highest BCUT2D eigenvalue weighted by Gasteiger charge is 2.48. The van der Waals surface area contributed by atoms with Gasteiger partial charge in [0.25, 0.3) is 5.78 Å². The number of halogens is 1. The fourth-order valence-electron chi connectivity index (χ4n) is 4.98. The van der Waals surface area contributed by atoms with Crippen molar-refractivity contribution in [1.29, 1.82) is 0 Å². The van der Waals surface area contributed by atoms with E-state index in [4.69, 9.17) is 4.74 Å². The van der Waals surface area contributed by atoms with E-state index in [1.807, 2.05) is 37.3 Å². The van der Waals surface area contributed by atoms with Crippen LogP contribution >= 0.6 is 23.1 Å². The van der Waals surface area contributed by atoms with Crippen LogP contribution in [0.3, 0.4) is 0 Å². The molecule has 1 unspecified atom stereocenters. The molecule has 210 valence electrons. The third-order valence-electron chi connectivity index (χ3n) is 7.10. The molecular formula is C32H24FN3O4S2. The smallest absolute Gasteiger partial charge is 0.301 e. The van der Waals surface area contributed by atoms with Gasteiger partial charge in [0.15, 0.2) is 15.9 Å². The van der Waals surface area contributed by atoms with Crippen molar-refractivity contribution in [3.63, 3.8) is 0 Å². The van der Waals surface area contributed by atoms with Gasteiger partial charge >= 0.3 is 5.91 Å². The van der Waals surface area contributed by atoms with Gasteiger partial charge in [-0.25, -0.2) is 4.39 Å². The SMILES string of the molecule is COc1ccc(/C(O)=C2/C(=O)C(=O)N(c3nnc(SCc4cccc5ccccc45)s3)C2c2ccc(C)cc2)cc1F. The number of amides is 1. The number of fused-ring (bicyclic) bond motifs is 1. The van der Waals surface area contributed by atoms with Gasteiger partial charge in [0.1, 0.15) is 5.76 Å². The molecule has 7 nitrogen and oxygen atoms in total. The fourth-order valence-corrected chi connectivity index (χ4v) is 6.85. The predicted molar refractivity (Wildman–Crippen MR) is 162 cm³/mol. The normalized spacial score (nSPS) is 16.4. The van der Waals surface area contributed by atoms with Crippen LogP contribution in [0.4, 0.5) is 9.52 Å². The molecule has 1 N–H and O–H groups in total. The van der Waals surface area contributed by atoms with Gasteiger partial charge in [-0.05, 0) is 47.0 Å². The monoisotopic (exact) mass is 597 g/mol. The lowest BCUT2D eigenvalue weighted by Crippen LogP contribution is -2.29. The number of thioether (sulfide) groups is 1. The number of aromatic nitrogens is 2. The minimum absolute atomic E-state index is 0.00974. The average molecular weight is 598 g/mol. The van der Waals surface area contributed by atoms with Crippen molar-refractivity contribution >= 4 is 56.5 Å². The zero-order chi connectivity index (χ0) is 29.4. The third-order valence-corrected chi connectivity index (χ3v) is 9.20. The van der Waals surface area contributed by atoms with Crippen LogP contribution in [0.25, 0.3) is 16.5 Å². The van der Waals surface area contributed by atoms with Crippen LogP contribution in [0, 0.1) is 12.7 Å². The lowest BCUT2D eigenvalue weighted by molar-refractivity contribution is -0.132. The summed E-state index contributed by atoms with van der Waals surface area (Å²) in [6.07, 6.45) is 0. The Kier molecular flexibility index (Phi) is 7.49. The van der Waals surface area contributed by atoms with Crippen molar-refractivity contribution in [2.45, 2.75) is 23.1 Å². The molecule has 1 atom stereocenters. The van der Waals surface area contributed by atoms with Gasteiger partial charge in [0.2, 0.25) is 5.13 Å². The number of hydrogen-bond acceptors (Lipinski definition) is 8. The zero-order valence-corrected chi connectivity index (χ0v) is 24.2. The van der Waals surface area contributed by atoms with Crippen LogP contribution in [-0.2, 0) is 15.3 Å². The summed E-state index contributed by atoms with van der Waals surface area (Å²) in [5.41, 5.74) is 2.61. The Morgan fingerprint density at radius 1 is 1.02 bits per heavy atom. The lowest BCUT2D eigenvalue weighted by atomic mass is 9.95. The maximum absolute atomic E-state index is 14.5. The van der Waals surface area contributed by atoms with Gasteiger partial charge in [0.05, 0.1) is 18.7 Å². The summed E-state index contributed by atoms with van der Waals surface area (Å²) in [4.78, 5) is 28.2. The highest BCUT2D eigenvalue weighted by molar-refractivity contribution is 8.00. The summed E-state index contributed by atoms with van der Waals surface area (Å²) in [5.74, 6) is -2.31. The average Bonchev–Trinajstić information content (AvgIpc) is 3.57. The van der Waals surface area contributed by atoms with Crippen LogP contribution in [0.2, 0.25) is 0 Å². The second-order valence-electron chi connectivity index (χ2n) is 9.71. The molecule has 0 radical (unpaired) electrons. The largest absolute Gasteiger partial charge is 0.507 e. The summed E-state index contributed by atoms with van der Waals surface area (Å²) in [5, 5.41) is 22.4. The number of anilines is 1. The number of rotatable bonds is 7. The molecule has 0 bridgehead atoms. The van der Waals surface area contributed by atoms with Gasteiger partial charge < -0.3 is 9.84 Å². The third kappa shape index (κ3) is 5.03. The summed E-state index contributed by atoms with van der Waals surface area (Å²) in [7, 11) is 1.33. The number of hydrogen-bond donors (Lipinski definition) is 1. The summed E-state index contributed by atoms with van der Waals surface area (Å²) >= 11 is 2.68. The Labute approximate surface area is 249 Å². The first-order valence-corrected chi connectivity index (χ1v) is 14.8. The molecule has 2 heterocycles. The van der Waals surface area contributed by atoms with E-state index in [0.29, 0.717) is 15.7 Å². The minimum atomic E-state index is -0.986. The zero-order valence-electron chi connectivity index (χ0n) is 22.6. The second-order valence-corrected chi connectivity index (χ2v) is 11.9. The maximum atomic E-state index is 14.5. The van der Waals surface area contributed by atoms with E-state index in [-0.39, 0.29) is 22.0 Å². The molecule has 42 heavy (non-hydrogen) atoms. The Hall–Kier alpha value is -4.54. The predicted octanol–water partition coefficient (Wildman–Crippen LogP) is 7.07. The topological polar surface area (TPSA) is 92.6 Å². The van der Waals surface area contributed by atoms with Gasteiger partial charge in [-0.2, -0.15) is 0 Å². The Morgan fingerprint density at radius 3 is 2.55 bits per heavy atom.